The predicted octanol–water partition coefficient (Wildman–Crippen LogP) is 1.85. The molecule has 2 aliphatic heterocycles. The van der Waals surface area contributed by atoms with Gasteiger partial charge in [0.1, 0.15) is 0 Å². The van der Waals surface area contributed by atoms with Crippen molar-refractivity contribution >= 4 is 34.2 Å². The summed E-state index contributed by atoms with van der Waals surface area (Å²) >= 11 is 1.40. The van der Waals surface area contributed by atoms with Gasteiger partial charge < -0.3 is 15.0 Å². The smallest absolute Gasteiger partial charge is 0.239 e. The van der Waals surface area contributed by atoms with Crippen LogP contribution in [0.3, 0.4) is 0 Å². The lowest BCUT2D eigenvalue weighted by molar-refractivity contribution is -0.118. The average molecular weight is 332 g/mol. The Kier molecular flexibility index (Phi) is 4.97. The summed E-state index contributed by atoms with van der Waals surface area (Å²) in [5, 5.41) is 11.5. The highest BCUT2D eigenvalue weighted by Crippen LogP contribution is 2.19. The van der Waals surface area contributed by atoms with Gasteiger partial charge in [0, 0.05) is 18.8 Å². The number of anilines is 1. The molecule has 2 aliphatic rings. The lowest BCUT2D eigenvalue weighted by Crippen LogP contribution is -2.36. The molecular weight excluding hydrogens is 312 g/mol. The molecule has 1 unspecified atom stereocenters. The van der Waals surface area contributed by atoms with Gasteiger partial charge in [-0.15, -0.1) is 5.10 Å². The van der Waals surface area contributed by atoms with Crippen LogP contribution in [0, 0.1) is 0 Å². The Labute approximate surface area is 140 Å². The number of carbonyl (C=O) groups is 1. The molecular formula is C16H20N4O2S. The second kappa shape index (κ2) is 7.14. The third-order valence-electron chi connectivity index (χ3n) is 3.84. The first-order valence-electron chi connectivity index (χ1n) is 7.66. The predicted molar refractivity (Wildman–Crippen MR) is 94.3 cm³/mol. The summed E-state index contributed by atoms with van der Waals surface area (Å²) in [6, 6.07) is 8.29. The van der Waals surface area contributed by atoms with E-state index in [9.17, 15) is 4.79 Å². The topological polar surface area (TPSA) is 66.3 Å². The van der Waals surface area contributed by atoms with Gasteiger partial charge in [-0.3, -0.25) is 4.79 Å². The first-order chi connectivity index (χ1) is 11.1. The highest BCUT2D eigenvalue weighted by molar-refractivity contribution is 8.15. The van der Waals surface area contributed by atoms with Gasteiger partial charge in [-0.2, -0.15) is 5.10 Å². The highest BCUT2D eigenvalue weighted by Gasteiger charge is 2.25. The van der Waals surface area contributed by atoms with E-state index in [-0.39, 0.29) is 11.2 Å². The molecule has 0 bridgehead atoms. The maximum Gasteiger partial charge on any atom is 0.239 e. The Hall–Kier alpha value is -1.86. The number of ether oxygens (including phenoxy) is 1. The van der Waals surface area contributed by atoms with Crippen molar-refractivity contribution < 1.29 is 9.53 Å². The third kappa shape index (κ3) is 3.92. The molecule has 6 nitrogen and oxygen atoms in total. The van der Waals surface area contributed by atoms with Crippen LogP contribution in [0.15, 0.2) is 34.5 Å². The Morgan fingerprint density at radius 1 is 1.30 bits per heavy atom. The largest absolute Gasteiger partial charge is 0.378 e. The molecule has 2 saturated heterocycles. The van der Waals surface area contributed by atoms with Gasteiger partial charge in [0.15, 0.2) is 5.17 Å². The minimum Gasteiger partial charge on any atom is -0.378 e. The minimum absolute atomic E-state index is 0.0172. The zero-order chi connectivity index (χ0) is 16.2. The Bertz CT molecular complexity index is 636. The SMILES string of the molecule is C/C(=N\N=C1/NC(=O)C(C)S1)c1ccc(N2CCOCC2)cc1. The molecule has 1 N–H and O–H groups in total. The average Bonchev–Trinajstić information content (AvgIpc) is 2.92. The van der Waals surface area contributed by atoms with Gasteiger partial charge in [0.2, 0.25) is 5.91 Å². The van der Waals surface area contributed by atoms with Crippen molar-refractivity contribution in [2.24, 2.45) is 10.2 Å². The van der Waals surface area contributed by atoms with Crippen LogP contribution >= 0.6 is 11.8 Å². The summed E-state index contributed by atoms with van der Waals surface area (Å²) in [4.78, 5) is 13.7. The van der Waals surface area contributed by atoms with Gasteiger partial charge in [0.25, 0.3) is 0 Å². The van der Waals surface area contributed by atoms with Gasteiger partial charge in [-0.05, 0) is 31.5 Å². The Balaban J connectivity index is 1.67. The van der Waals surface area contributed by atoms with Crippen molar-refractivity contribution in [3.63, 3.8) is 0 Å². The summed E-state index contributed by atoms with van der Waals surface area (Å²) in [6.45, 7) is 7.18. The van der Waals surface area contributed by atoms with Crippen molar-refractivity contribution in [2.45, 2.75) is 19.1 Å². The summed E-state index contributed by atoms with van der Waals surface area (Å²) < 4.78 is 5.37. The van der Waals surface area contributed by atoms with E-state index in [4.69, 9.17) is 4.74 Å². The van der Waals surface area contributed by atoms with E-state index < -0.39 is 0 Å². The molecule has 1 aromatic carbocycles. The fourth-order valence-electron chi connectivity index (χ4n) is 2.42. The number of hydrogen-bond acceptors (Lipinski definition) is 6. The first kappa shape index (κ1) is 16.0. The first-order valence-corrected chi connectivity index (χ1v) is 8.54. The number of morpholine rings is 1. The minimum atomic E-state index is -0.0999. The number of nitrogens with one attached hydrogen (secondary N) is 1. The molecule has 7 heteroatoms. The molecule has 1 amide bonds. The van der Waals surface area contributed by atoms with Crippen molar-refractivity contribution in [1.29, 1.82) is 0 Å². The van der Waals surface area contributed by atoms with Crippen molar-refractivity contribution in [3.05, 3.63) is 29.8 Å². The number of amidine groups is 1. The molecule has 1 aromatic rings. The van der Waals surface area contributed by atoms with Gasteiger partial charge in [-0.1, -0.05) is 23.9 Å². The molecule has 122 valence electrons. The molecule has 2 fully saturated rings. The number of hydrogen-bond donors (Lipinski definition) is 1. The molecule has 0 aliphatic carbocycles. The van der Waals surface area contributed by atoms with Crippen molar-refractivity contribution in [2.75, 3.05) is 31.2 Å². The van der Waals surface area contributed by atoms with E-state index in [0.717, 1.165) is 37.6 Å². The van der Waals surface area contributed by atoms with E-state index in [1.54, 1.807) is 0 Å². The summed E-state index contributed by atoms with van der Waals surface area (Å²) in [7, 11) is 0. The lowest BCUT2D eigenvalue weighted by atomic mass is 10.1. The summed E-state index contributed by atoms with van der Waals surface area (Å²) in [5.74, 6) is -0.0172. The normalized spacial score (nSPS) is 24.2. The van der Waals surface area contributed by atoms with Gasteiger partial charge >= 0.3 is 0 Å². The molecule has 2 heterocycles. The van der Waals surface area contributed by atoms with Crippen LogP contribution in [0.25, 0.3) is 0 Å². The van der Waals surface area contributed by atoms with E-state index in [1.165, 1.54) is 17.4 Å². The van der Waals surface area contributed by atoms with Gasteiger partial charge in [-0.25, -0.2) is 0 Å². The van der Waals surface area contributed by atoms with Crippen LogP contribution < -0.4 is 10.2 Å². The van der Waals surface area contributed by atoms with E-state index in [2.05, 4.69) is 32.6 Å². The molecule has 3 rings (SSSR count). The third-order valence-corrected chi connectivity index (χ3v) is 4.81. The Morgan fingerprint density at radius 2 is 2.00 bits per heavy atom. The van der Waals surface area contributed by atoms with Crippen molar-refractivity contribution in [3.8, 4) is 0 Å². The molecule has 0 saturated carbocycles. The zero-order valence-corrected chi connectivity index (χ0v) is 14.1. The number of benzene rings is 1. The Morgan fingerprint density at radius 3 is 2.61 bits per heavy atom. The van der Waals surface area contributed by atoms with Crippen LogP contribution in [0.5, 0.6) is 0 Å². The maximum atomic E-state index is 11.4. The van der Waals surface area contributed by atoms with E-state index >= 15 is 0 Å². The van der Waals surface area contributed by atoms with Crippen LogP contribution in [-0.2, 0) is 9.53 Å². The number of amides is 1. The number of nitrogens with zero attached hydrogens (tertiary/aromatic N) is 3. The molecule has 0 spiro atoms. The van der Waals surface area contributed by atoms with Crippen LogP contribution in [0.4, 0.5) is 5.69 Å². The molecule has 0 radical (unpaired) electrons. The van der Waals surface area contributed by atoms with E-state index in [0.29, 0.717) is 5.17 Å². The standard InChI is InChI=1S/C16H20N4O2S/c1-11(18-19-16-17-15(21)12(2)23-16)13-3-5-14(6-4-13)20-7-9-22-10-8-20/h3-6,12H,7-10H2,1-2H3,(H,17,19,21)/b18-11+. The maximum absolute atomic E-state index is 11.4. The second-order valence-electron chi connectivity index (χ2n) is 5.49. The van der Waals surface area contributed by atoms with Crippen LogP contribution in [-0.4, -0.2) is 48.3 Å². The highest BCUT2D eigenvalue weighted by atomic mass is 32.2. The summed E-state index contributed by atoms with van der Waals surface area (Å²) in [5.41, 5.74) is 3.04. The number of rotatable bonds is 3. The molecule has 23 heavy (non-hydrogen) atoms. The molecule has 1 atom stereocenters. The quantitative estimate of drug-likeness (QED) is 0.678. The molecule has 0 aromatic heterocycles. The zero-order valence-electron chi connectivity index (χ0n) is 13.3. The fourth-order valence-corrected chi connectivity index (χ4v) is 3.17. The van der Waals surface area contributed by atoms with Crippen LogP contribution in [0.2, 0.25) is 0 Å². The number of thioether (sulfide) groups is 1. The lowest BCUT2D eigenvalue weighted by Gasteiger charge is -2.28. The fraction of sp³-hybridized carbons (Fsp3) is 0.438. The second-order valence-corrected chi connectivity index (χ2v) is 6.82. The van der Waals surface area contributed by atoms with E-state index in [1.807, 2.05) is 26.0 Å². The van der Waals surface area contributed by atoms with Crippen molar-refractivity contribution in [1.82, 2.24) is 5.32 Å². The number of carbonyl (C=O) groups excluding carboxylic acids is 1. The van der Waals surface area contributed by atoms with Gasteiger partial charge in [0.05, 0.1) is 24.2 Å². The van der Waals surface area contributed by atoms with Crippen LogP contribution in [0.1, 0.15) is 19.4 Å². The monoisotopic (exact) mass is 332 g/mol. The summed E-state index contributed by atoms with van der Waals surface area (Å²) in [6.07, 6.45) is 0.